The Balaban J connectivity index is 2.21. The number of hydrogen-bond donors (Lipinski definition) is 0. The van der Waals surface area contributed by atoms with E-state index in [2.05, 4.69) is 41.4 Å². The summed E-state index contributed by atoms with van der Waals surface area (Å²) in [5, 5.41) is 0. The van der Waals surface area contributed by atoms with Crippen LogP contribution in [0.25, 0.3) is 0 Å². The van der Waals surface area contributed by atoms with Gasteiger partial charge in [-0.3, -0.25) is 4.90 Å². The highest BCUT2D eigenvalue weighted by Crippen LogP contribution is 2.17. The molecule has 0 N–H and O–H groups in total. The van der Waals surface area contributed by atoms with Gasteiger partial charge >= 0.3 is 0 Å². The molecule has 0 radical (unpaired) electrons. The Morgan fingerprint density at radius 2 is 2.21 bits per heavy atom. The van der Waals surface area contributed by atoms with Gasteiger partial charge in [0.15, 0.2) is 0 Å². The molecular weight excluding hydrogens is 174 g/mol. The summed E-state index contributed by atoms with van der Waals surface area (Å²) < 4.78 is 2.31. The van der Waals surface area contributed by atoms with Crippen LogP contribution in [0.5, 0.6) is 0 Å². The Hall–Kier alpha value is -0.830. The molecule has 2 heterocycles. The highest BCUT2D eigenvalue weighted by Gasteiger charge is 2.17. The van der Waals surface area contributed by atoms with Crippen molar-refractivity contribution in [3.05, 3.63) is 17.7 Å². The number of imidazole rings is 1. The van der Waals surface area contributed by atoms with Gasteiger partial charge in [-0.1, -0.05) is 20.8 Å². The van der Waals surface area contributed by atoms with Gasteiger partial charge in [0.1, 0.15) is 5.82 Å². The van der Waals surface area contributed by atoms with Gasteiger partial charge in [-0.25, -0.2) is 4.98 Å². The molecule has 0 saturated carbocycles. The normalized spacial score (nSPS) is 17.4. The molecule has 1 aromatic rings. The van der Waals surface area contributed by atoms with Crippen molar-refractivity contribution in [2.45, 2.75) is 39.8 Å². The fourth-order valence-electron chi connectivity index (χ4n) is 1.87. The van der Waals surface area contributed by atoms with Crippen molar-refractivity contribution in [3.63, 3.8) is 0 Å². The van der Waals surface area contributed by atoms with Crippen molar-refractivity contribution in [2.75, 3.05) is 13.1 Å². The first-order valence-electron chi connectivity index (χ1n) is 5.49. The molecule has 0 fully saturated rings. The van der Waals surface area contributed by atoms with E-state index in [4.69, 9.17) is 0 Å². The quantitative estimate of drug-likeness (QED) is 0.714. The van der Waals surface area contributed by atoms with E-state index >= 15 is 0 Å². The minimum absolute atomic E-state index is 0.545. The molecule has 0 atom stereocenters. The highest BCUT2D eigenvalue weighted by atomic mass is 15.2. The van der Waals surface area contributed by atoms with E-state index < -0.39 is 0 Å². The van der Waals surface area contributed by atoms with E-state index in [9.17, 15) is 0 Å². The SMILES string of the molecule is CCN1CCn2cc(C(C)C)nc2C1. The number of nitrogens with zero attached hydrogens (tertiary/aromatic N) is 3. The van der Waals surface area contributed by atoms with Crippen LogP contribution in [0.15, 0.2) is 6.20 Å². The summed E-state index contributed by atoms with van der Waals surface area (Å²) in [6.45, 7) is 11.0. The van der Waals surface area contributed by atoms with Crippen LogP contribution in [0.1, 0.15) is 38.2 Å². The van der Waals surface area contributed by atoms with E-state index in [1.807, 2.05) is 0 Å². The van der Waals surface area contributed by atoms with Crippen molar-refractivity contribution in [1.82, 2.24) is 14.5 Å². The van der Waals surface area contributed by atoms with Gasteiger partial charge < -0.3 is 4.57 Å². The first-order valence-corrected chi connectivity index (χ1v) is 5.49. The second-order valence-corrected chi connectivity index (χ2v) is 4.30. The van der Waals surface area contributed by atoms with E-state index in [1.54, 1.807) is 0 Å². The molecule has 78 valence electrons. The number of hydrogen-bond acceptors (Lipinski definition) is 2. The van der Waals surface area contributed by atoms with Crippen LogP contribution in [-0.4, -0.2) is 27.5 Å². The average molecular weight is 193 g/mol. The van der Waals surface area contributed by atoms with Crippen LogP contribution >= 0.6 is 0 Å². The second kappa shape index (κ2) is 3.73. The summed E-state index contributed by atoms with van der Waals surface area (Å²) in [6, 6.07) is 0. The van der Waals surface area contributed by atoms with E-state index in [0.717, 1.165) is 26.2 Å². The monoisotopic (exact) mass is 193 g/mol. The first kappa shape index (κ1) is 9.71. The van der Waals surface area contributed by atoms with Gasteiger partial charge in [-0.15, -0.1) is 0 Å². The Morgan fingerprint density at radius 3 is 2.86 bits per heavy atom. The molecule has 0 aliphatic carbocycles. The predicted molar refractivity (Wildman–Crippen MR) is 57.3 cm³/mol. The molecule has 0 amide bonds. The maximum Gasteiger partial charge on any atom is 0.123 e. The zero-order valence-electron chi connectivity index (χ0n) is 9.32. The summed E-state index contributed by atoms with van der Waals surface area (Å²) in [4.78, 5) is 7.11. The molecule has 3 heteroatoms. The lowest BCUT2D eigenvalue weighted by molar-refractivity contribution is 0.228. The smallest absolute Gasteiger partial charge is 0.123 e. The average Bonchev–Trinajstić information content (AvgIpc) is 2.59. The lowest BCUT2D eigenvalue weighted by Gasteiger charge is -2.25. The number of rotatable bonds is 2. The van der Waals surface area contributed by atoms with Crippen LogP contribution in [0.2, 0.25) is 0 Å². The molecule has 0 spiro atoms. The zero-order valence-corrected chi connectivity index (χ0v) is 9.32. The van der Waals surface area contributed by atoms with Crippen LogP contribution in [0.4, 0.5) is 0 Å². The van der Waals surface area contributed by atoms with Gasteiger partial charge in [-0.2, -0.15) is 0 Å². The Kier molecular flexibility index (Phi) is 2.59. The van der Waals surface area contributed by atoms with E-state index in [0.29, 0.717) is 5.92 Å². The topological polar surface area (TPSA) is 21.1 Å². The summed E-state index contributed by atoms with van der Waals surface area (Å²) in [7, 11) is 0. The van der Waals surface area contributed by atoms with Gasteiger partial charge in [0, 0.05) is 19.3 Å². The maximum atomic E-state index is 4.67. The minimum atomic E-state index is 0.545. The maximum absolute atomic E-state index is 4.67. The van der Waals surface area contributed by atoms with Gasteiger partial charge in [0.05, 0.1) is 12.2 Å². The van der Waals surface area contributed by atoms with Crippen molar-refractivity contribution < 1.29 is 0 Å². The largest absolute Gasteiger partial charge is 0.332 e. The standard InChI is InChI=1S/C11H19N3/c1-4-13-5-6-14-7-10(9(2)3)12-11(14)8-13/h7,9H,4-6,8H2,1-3H3. The number of fused-ring (bicyclic) bond motifs is 1. The lowest BCUT2D eigenvalue weighted by atomic mass is 10.2. The molecule has 1 aliphatic heterocycles. The van der Waals surface area contributed by atoms with Crippen molar-refractivity contribution >= 4 is 0 Å². The molecule has 3 nitrogen and oxygen atoms in total. The Bertz CT molecular complexity index is 314. The van der Waals surface area contributed by atoms with E-state index in [-0.39, 0.29) is 0 Å². The molecule has 1 aromatic heterocycles. The Morgan fingerprint density at radius 1 is 1.43 bits per heavy atom. The van der Waals surface area contributed by atoms with Gasteiger partial charge in [0.2, 0.25) is 0 Å². The summed E-state index contributed by atoms with van der Waals surface area (Å²) in [6.07, 6.45) is 2.22. The number of aromatic nitrogens is 2. The lowest BCUT2D eigenvalue weighted by Crippen LogP contribution is -2.33. The zero-order chi connectivity index (χ0) is 10.1. The van der Waals surface area contributed by atoms with Crippen LogP contribution < -0.4 is 0 Å². The summed E-state index contributed by atoms with van der Waals surface area (Å²) in [5.41, 5.74) is 1.23. The predicted octanol–water partition coefficient (Wildman–Crippen LogP) is 1.84. The second-order valence-electron chi connectivity index (χ2n) is 4.30. The van der Waals surface area contributed by atoms with Crippen LogP contribution in [0.3, 0.4) is 0 Å². The molecular formula is C11H19N3. The molecule has 0 bridgehead atoms. The Labute approximate surface area is 85.7 Å². The van der Waals surface area contributed by atoms with Crippen molar-refractivity contribution in [2.24, 2.45) is 0 Å². The summed E-state index contributed by atoms with van der Waals surface area (Å²) in [5.74, 6) is 1.78. The first-order chi connectivity index (χ1) is 6.70. The molecule has 0 unspecified atom stereocenters. The van der Waals surface area contributed by atoms with Gasteiger partial charge in [-0.05, 0) is 12.5 Å². The van der Waals surface area contributed by atoms with Crippen LogP contribution in [-0.2, 0) is 13.1 Å². The highest BCUT2D eigenvalue weighted by molar-refractivity contribution is 5.09. The third-order valence-electron chi connectivity index (χ3n) is 2.94. The molecule has 2 rings (SSSR count). The molecule has 0 saturated heterocycles. The molecule has 0 aromatic carbocycles. The fraction of sp³-hybridized carbons (Fsp3) is 0.727. The van der Waals surface area contributed by atoms with Crippen molar-refractivity contribution in [1.29, 1.82) is 0 Å². The third kappa shape index (κ3) is 1.69. The molecule has 1 aliphatic rings. The minimum Gasteiger partial charge on any atom is -0.332 e. The summed E-state index contributed by atoms with van der Waals surface area (Å²) >= 11 is 0. The van der Waals surface area contributed by atoms with Crippen LogP contribution in [0, 0.1) is 0 Å². The fourth-order valence-corrected chi connectivity index (χ4v) is 1.87. The molecule has 14 heavy (non-hydrogen) atoms. The third-order valence-corrected chi connectivity index (χ3v) is 2.94. The van der Waals surface area contributed by atoms with Crippen molar-refractivity contribution in [3.8, 4) is 0 Å². The van der Waals surface area contributed by atoms with E-state index in [1.165, 1.54) is 11.5 Å². The van der Waals surface area contributed by atoms with Gasteiger partial charge in [0.25, 0.3) is 0 Å². The number of likely N-dealkylation sites (N-methyl/N-ethyl adjacent to an activating group) is 1.